The summed E-state index contributed by atoms with van der Waals surface area (Å²) in [6, 6.07) is 1.65. The average Bonchev–Trinajstić information content (AvgIpc) is 2.42. The minimum Gasteiger partial charge on any atom is -0.342 e. The van der Waals surface area contributed by atoms with Gasteiger partial charge in [0.05, 0.1) is 5.69 Å². The monoisotopic (exact) mass is 179 g/mol. The second kappa shape index (κ2) is 3.56. The number of carbonyl (C=O) groups is 2. The number of ketones is 1. The maximum absolute atomic E-state index is 11.2. The van der Waals surface area contributed by atoms with Gasteiger partial charge in [0.15, 0.2) is 12.1 Å². The Morgan fingerprint density at radius 2 is 2.23 bits per heavy atom. The lowest BCUT2D eigenvalue weighted by Gasteiger charge is -2.05. The highest BCUT2D eigenvalue weighted by Crippen LogP contribution is 2.14. The molecule has 0 aliphatic rings. The number of hydrogen-bond donors (Lipinski definition) is 0. The molecule has 0 saturated heterocycles. The normalized spacial score (nSPS) is 10.1. The minimum absolute atomic E-state index is 0.00181. The van der Waals surface area contributed by atoms with Gasteiger partial charge in [-0.15, -0.1) is 0 Å². The average molecular weight is 179 g/mol. The summed E-state index contributed by atoms with van der Waals surface area (Å²) in [7, 11) is 0. The van der Waals surface area contributed by atoms with Crippen LogP contribution >= 0.6 is 0 Å². The molecule has 0 aliphatic heterocycles. The van der Waals surface area contributed by atoms with E-state index in [4.69, 9.17) is 0 Å². The van der Waals surface area contributed by atoms with Crippen molar-refractivity contribution in [1.29, 1.82) is 0 Å². The highest BCUT2D eigenvalue weighted by Gasteiger charge is 2.12. The Morgan fingerprint density at radius 1 is 1.62 bits per heavy atom. The van der Waals surface area contributed by atoms with Crippen LogP contribution in [0.4, 0.5) is 0 Å². The van der Waals surface area contributed by atoms with Gasteiger partial charge in [0.1, 0.15) is 0 Å². The van der Waals surface area contributed by atoms with Crippen molar-refractivity contribution < 1.29 is 9.59 Å². The number of carbonyl (C=O) groups excluding carboxylic acids is 2. The Balaban J connectivity index is 3.35. The van der Waals surface area contributed by atoms with E-state index < -0.39 is 0 Å². The summed E-state index contributed by atoms with van der Waals surface area (Å²) in [5.41, 5.74) is 2.08. The highest BCUT2D eigenvalue weighted by atomic mass is 16.1. The van der Waals surface area contributed by atoms with Crippen LogP contribution in [0.2, 0.25) is 0 Å². The lowest BCUT2D eigenvalue weighted by Crippen LogP contribution is -2.06. The molecule has 0 amide bonds. The van der Waals surface area contributed by atoms with Crippen molar-refractivity contribution in [1.82, 2.24) is 4.57 Å². The number of nitrogens with zero attached hydrogens (tertiary/aromatic N) is 1. The van der Waals surface area contributed by atoms with E-state index >= 15 is 0 Å². The minimum atomic E-state index is -0.00181. The zero-order valence-corrected chi connectivity index (χ0v) is 8.13. The third kappa shape index (κ3) is 1.54. The van der Waals surface area contributed by atoms with Crippen molar-refractivity contribution >= 4 is 12.1 Å². The largest absolute Gasteiger partial charge is 0.342 e. The van der Waals surface area contributed by atoms with Gasteiger partial charge >= 0.3 is 0 Å². The molecule has 0 fully saturated rings. The zero-order valence-electron chi connectivity index (χ0n) is 8.13. The molecule has 0 N–H and O–H groups in total. The van der Waals surface area contributed by atoms with E-state index in [1.165, 1.54) is 6.92 Å². The predicted molar refractivity (Wildman–Crippen MR) is 50.2 cm³/mol. The molecule has 0 atom stereocenters. The highest BCUT2D eigenvalue weighted by molar-refractivity contribution is 5.95. The topological polar surface area (TPSA) is 39.1 Å². The molecule has 0 bridgehead atoms. The molecule has 1 rings (SSSR count). The van der Waals surface area contributed by atoms with Crippen LogP contribution in [0.1, 0.15) is 40.4 Å². The lowest BCUT2D eigenvalue weighted by atomic mass is 10.2. The second-order valence-electron chi connectivity index (χ2n) is 2.99. The van der Waals surface area contributed by atoms with Gasteiger partial charge in [-0.25, -0.2) is 0 Å². The number of rotatable bonds is 3. The van der Waals surface area contributed by atoms with E-state index in [1.54, 1.807) is 6.07 Å². The molecule has 0 aliphatic carbocycles. The Morgan fingerprint density at radius 3 is 2.54 bits per heavy atom. The summed E-state index contributed by atoms with van der Waals surface area (Å²) in [5.74, 6) is -0.00181. The van der Waals surface area contributed by atoms with Gasteiger partial charge in [-0.05, 0) is 19.9 Å². The van der Waals surface area contributed by atoms with Crippen LogP contribution in [0.25, 0.3) is 0 Å². The SMILES string of the molecule is CCn1c(C(C)=O)cc(C=O)c1C. The Hall–Kier alpha value is -1.38. The molecule has 13 heavy (non-hydrogen) atoms. The van der Waals surface area contributed by atoms with E-state index in [0.717, 1.165) is 12.0 Å². The molecule has 0 saturated carbocycles. The maximum atomic E-state index is 11.2. The first kappa shape index (κ1) is 9.71. The van der Waals surface area contributed by atoms with E-state index in [-0.39, 0.29) is 5.78 Å². The molecule has 1 aromatic heterocycles. The molecule has 3 nitrogen and oxygen atoms in total. The molecule has 1 aromatic rings. The second-order valence-corrected chi connectivity index (χ2v) is 2.99. The molecule has 0 spiro atoms. The predicted octanol–water partition coefficient (Wildman–Crippen LogP) is 1.83. The van der Waals surface area contributed by atoms with Gasteiger partial charge in [0.2, 0.25) is 0 Å². The zero-order chi connectivity index (χ0) is 10.0. The van der Waals surface area contributed by atoms with Gasteiger partial charge < -0.3 is 4.57 Å². The van der Waals surface area contributed by atoms with Crippen molar-refractivity contribution in [3.05, 3.63) is 23.0 Å². The number of hydrogen-bond acceptors (Lipinski definition) is 2. The Bertz CT molecular complexity index is 350. The van der Waals surface area contributed by atoms with Crippen LogP contribution in [-0.2, 0) is 6.54 Å². The van der Waals surface area contributed by atoms with Gasteiger partial charge in [-0.3, -0.25) is 9.59 Å². The van der Waals surface area contributed by atoms with Crippen molar-refractivity contribution in [3.8, 4) is 0 Å². The quantitative estimate of drug-likeness (QED) is 0.524. The fourth-order valence-corrected chi connectivity index (χ4v) is 1.48. The molecule has 0 unspecified atom stereocenters. The smallest absolute Gasteiger partial charge is 0.176 e. The first-order chi connectivity index (χ1) is 6.11. The number of Topliss-reactive ketones (excluding diaryl/α,β-unsaturated/α-hetero) is 1. The number of aldehydes is 1. The van der Waals surface area contributed by atoms with E-state index in [1.807, 2.05) is 18.4 Å². The Kier molecular flexibility index (Phi) is 2.66. The van der Waals surface area contributed by atoms with E-state index in [2.05, 4.69) is 0 Å². The third-order valence-corrected chi connectivity index (χ3v) is 2.21. The van der Waals surface area contributed by atoms with Crippen LogP contribution in [0.3, 0.4) is 0 Å². The van der Waals surface area contributed by atoms with Crippen molar-refractivity contribution in [2.75, 3.05) is 0 Å². The molecular formula is C10H13NO2. The standard InChI is InChI=1S/C10H13NO2/c1-4-11-7(2)9(6-12)5-10(11)8(3)13/h5-6H,4H2,1-3H3. The van der Waals surface area contributed by atoms with Gasteiger partial charge in [0, 0.05) is 24.7 Å². The summed E-state index contributed by atoms with van der Waals surface area (Å²) in [6.45, 7) is 6.03. The molecule has 0 radical (unpaired) electrons. The van der Waals surface area contributed by atoms with Gasteiger partial charge in [-0.1, -0.05) is 0 Å². The van der Waals surface area contributed by atoms with Crippen LogP contribution in [0, 0.1) is 6.92 Å². The molecular weight excluding hydrogens is 166 g/mol. The third-order valence-electron chi connectivity index (χ3n) is 2.21. The molecule has 1 heterocycles. The Labute approximate surface area is 77.4 Å². The van der Waals surface area contributed by atoms with Crippen molar-refractivity contribution in [3.63, 3.8) is 0 Å². The summed E-state index contributed by atoms with van der Waals surface area (Å²) < 4.78 is 1.85. The maximum Gasteiger partial charge on any atom is 0.176 e. The summed E-state index contributed by atoms with van der Waals surface area (Å²) in [6.07, 6.45) is 0.786. The fourth-order valence-electron chi connectivity index (χ4n) is 1.48. The molecule has 70 valence electrons. The van der Waals surface area contributed by atoms with Gasteiger partial charge in [-0.2, -0.15) is 0 Å². The van der Waals surface area contributed by atoms with Gasteiger partial charge in [0.25, 0.3) is 0 Å². The van der Waals surface area contributed by atoms with Crippen LogP contribution < -0.4 is 0 Å². The fraction of sp³-hybridized carbons (Fsp3) is 0.400. The lowest BCUT2D eigenvalue weighted by molar-refractivity contribution is 0.100. The van der Waals surface area contributed by atoms with Crippen molar-refractivity contribution in [2.45, 2.75) is 27.3 Å². The molecule has 0 aromatic carbocycles. The van der Waals surface area contributed by atoms with E-state index in [0.29, 0.717) is 17.8 Å². The van der Waals surface area contributed by atoms with Crippen LogP contribution in [0.15, 0.2) is 6.07 Å². The molecule has 3 heteroatoms. The first-order valence-corrected chi connectivity index (χ1v) is 4.28. The summed E-state index contributed by atoms with van der Waals surface area (Å²) >= 11 is 0. The summed E-state index contributed by atoms with van der Waals surface area (Å²) in [4.78, 5) is 21.8. The van der Waals surface area contributed by atoms with E-state index in [9.17, 15) is 9.59 Å². The van der Waals surface area contributed by atoms with Crippen LogP contribution in [0.5, 0.6) is 0 Å². The summed E-state index contributed by atoms with van der Waals surface area (Å²) in [5, 5.41) is 0. The first-order valence-electron chi connectivity index (χ1n) is 4.28. The van der Waals surface area contributed by atoms with Crippen molar-refractivity contribution in [2.24, 2.45) is 0 Å². The van der Waals surface area contributed by atoms with Crippen LogP contribution in [-0.4, -0.2) is 16.6 Å². The number of aromatic nitrogens is 1.